The molecule has 0 radical (unpaired) electrons. The van der Waals surface area contributed by atoms with E-state index in [9.17, 15) is 9.90 Å². The Morgan fingerprint density at radius 3 is 2.55 bits per heavy atom. The molecule has 148 valence electrons. The van der Waals surface area contributed by atoms with Gasteiger partial charge in [0.2, 0.25) is 5.43 Å². The van der Waals surface area contributed by atoms with Crippen molar-refractivity contribution in [2.75, 3.05) is 7.11 Å². The fourth-order valence-electron chi connectivity index (χ4n) is 4.43. The molecule has 1 N–H and O–H groups in total. The maximum Gasteiger partial charge on any atom is 0.201 e. The number of hydrogen-bond acceptors (Lipinski definition) is 4. The average molecular weight is 389 g/mol. The maximum absolute atomic E-state index is 13.6. The quantitative estimate of drug-likeness (QED) is 0.501. The lowest BCUT2D eigenvalue weighted by molar-refractivity contribution is -0.0408. The minimum absolute atomic E-state index is 0.0715. The molecule has 4 aromatic rings. The van der Waals surface area contributed by atoms with Gasteiger partial charge in [-0.05, 0) is 36.8 Å². The molecule has 0 aliphatic carbocycles. The number of aliphatic hydroxyl groups is 1. The summed E-state index contributed by atoms with van der Waals surface area (Å²) >= 11 is 0. The van der Waals surface area contributed by atoms with Crippen LogP contribution in [0.15, 0.2) is 47.3 Å². The third kappa shape index (κ3) is 2.47. The Morgan fingerprint density at radius 2 is 1.86 bits per heavy atom. The van der Waals surface area contributed by atoms with Gasteiger partial charge in [-0.15, -0.1) is 0 Å². The van der Waals surface area contributed by atoms with Crippen molar-refractivity contribution >= 4 is 32.6 Å². The molecule has 0 spiro atoms. The van der Waals surface area contributed by atoms with Crippen LogP contribution in [0.5, 0.6) is 11.5 Å². The molecule has 1 atom stereocenters. The minimum atomic E-state index is -0.711. The van der Waals surface area contributed by atoms with E-state index in [4.69, 9.17) is 9.47 Å². The smallest absolute Gasteiger partial charge is 0.201 e. The predicted octanol–water partition coefficient (Wildman–Crippen LogP) is 3.93. The summed E-state index contributed by atoms with van der Waals surface area (Å²) in [6.07, 6.45) is -0.260. The van der Waals surface area contributed by atoms with Crippen LogP contribution in [0.3, 0.4) is 0 Å². The lowest BCUT2D eigenvalue weighted by atomic mass is 9.89. The van der Waals surface area contributed by atoms with Gasteiger partial charge in [0.25, 0.3) is 0 Å². The first-order chi connectivity index (χ1) is 13.8. The highest BCUT2D eigenvalue weighted by Crippen LogP contribution is 2.42. The van der Waals surface area contributed by atoms with E-state index < -0.39 is 11.7 Å². The molecule has 1 aromatic heterocycles. The summed E-state index contributed by atoms with van der Waals surface area (Å²) in [4.78, 5) is 13.6. The number of aryl methyl sites for hydroxylation is 1. The standard InChI is InChI=1S/C24H23NO4/c1-24(2)20(26)11-16-18(29-24)12-19(28-4)21-22(16)25(3)17-10-14-8-6-5-7-13(14)9-15(17)23(21)27/h5-10,12,20,26H,11H2,1-4H3. The molecular weight excluding hydrogens is 366 g/mol. The fraction of sp³-hybridized carbons (Fsp3) is 0.292. The topological polar surface area (TPSA) is 60.7 Å². The van der Waals surface area contributed by atoms with Crippen LogP contribution in [0.1, 0.15) is 19.4 Å². The van der Waals surface area contributed by atoms with Crippen molar-refractivity contribution in [1.82, 2.24) is 4.57 Å². The van der Waals surface area contributed by atoms with Crippen LogP contribution >= 0.6 is 0 Å². The number of aromatic nitrogens is 1. The van der Waals surface area contributed by atoms with E-state index >= 15 is 0 Å². The highest BCUT2D eigenvalue weighted by molar-refractivity contribution is 6.04. The van der Waals surface area contributed by atoms with Crippen LogP contribution in [0.25, 0.3) is 32.6 Å². The van der Waals surface area contributed by atoms with E-state index in [-0.39, 0.29) is 5.43 Å². The van der Waals surface area contributed by atoms with Crippen molar-refractivity contribution in [3.8, 4) is 11.5 Å². The van der Waals surface area contributed by atoms with Gasteiger partial charge in [0.05, 0.1) is 29.6 Å². The van der Waals surface area contributed by atoms with E-state index in [1.54, 1.807) is 13.2 Å². The molecule has 5 heteroatoms. The molecule has 1 unspecified atom stereocenters. The van der Waals surface area contributed by atoms with Crippen LogP contribution < -0.4 is 14.9 Å². The third-order valence-electron chi connectivity index (χ3n) is 6.15. The second kappa shape index (κ2) is 5.97. The first kappa shape index (κ1) is 18.0. The zero-order valence-electron chi connectivity index (χ0n) is 16.9. The molecule has 0 fully saturated rings. The molecule has 0 saturated heterocycles. The Hall–Kier alpha value is -3.05. The van der Waals surface area contributed by atoms with Crippen molar-refractivity contribution in [2.24, 2.45) is 7.05 Å². The molecular formula is C24H23NO4. The number of benzene rings is 3. The molecule has 0 bridgehead atoms. The van der Waals surface area contributed by atoms with Gasteiger partial charge in [-0.1, -0.05) is 24.3 Å². The van der Waals surface area contributed by atoms with Crippen LogP contribution in [0.4, 0.5) is 0 Å². The summed E-state index contributed by atoms with van der Waals surface area (Å²) in [5, 5.41) is 13.9. The van der Waals surface area contributed by atoms with Crippen LogP contribution in [-0.4, -0.2) is 28.5 Å². The zero-order valence-corrected chi connectivity index (χ0v) is 16.9. The summed E-state index contributed by atoms with van der Waals surface area (Å²) in [6, 6.07) is 13.8. The number of nitrogens with zero attached hydrogens (tertiary/aromatic N) is 1. The number of fused-ring (bicyclic) bond motifs is 5. The van der Waals surface area contributed by atoms with Crippen molar-refractivity contribution < 1.29 is 14.6 Å². The number of pyridine rings is 1. The van der Waals surface area contributed by atoms with E-state index in [2.05, 4.69) is 0 Å². The zero-order chi connectivity index (χ0) is 20.5. The summed E-state index contributed by atoms with van der Waals surface area (Å²) in [5.74, 6) is 1.14. The molecule has 0 saturated carbocycles. The van der Waals surface area contributed by atoms with Gasteiger partial charge in [0.15, 0.2) is 0 Å². The molecule has 29 heavy (non-hydrogen) atoms. The average Bonchev–Trinajstić information content (AvgIpc) is 2.70. The monoisotopic (exact) mass is 389 g/mol. The highest BCUT2D eigenvalue weighted by Gasteiger charge is 2.37. The van der Waals surface area contributed by atoms with E-state index in [1.807, 2.05) is 61.9 Å². The molecule has 1 aliphatic heterocycles. The summed E-state index contributed by atoms with van der Waals surface area (Å²) in [7, 11) is 3.51. The summed E-state index contributed by atoms with van der Waals surface area (Å²) in [6.45, 7) is 3.73. The number of methoxy groups -OCH3 is 1. The molecule has 1 aliphatic rings. The van der Waals surface area contributed by atoms with Crippen LogP contribution in [0.2, 0.25) is 0 Å². The Bertz CT molecular complexity index is 1370. The Balaban J connectivity index is 1.98. The van der Waals surface area contributed by atoms with Gasteiger partial charge >= 0.3 is 0 Å². The molecule has 0 amide bonds. The van der Waals surface area contributed by atoms with Gasteiger partial charge in [-0.3, -0.25) is 4.79 Å². The van der Waals surface area contributed by atoms with Crippen molar-refractivity contribution in [3.63, 3.8) is 0 Å². The fourth-order valence-corrected chi connectivity index (χ4v) is 4.43. The number of aliphatic hydroxyl groups excluding tert-OH is 1. The number of ether oxygens (including phenoxy) is 2. The first-order valence-electron chi connectivity index (χ1n) is 9.74. The summed E-state index contributed by atoms with van der Waals surface area (Å²) in [5.41, 5.74) is 1.65. The lowest BCUT2D eigenvalue weighted by Gasteiger charge is -2.38. The molecule has 5 rings (SSSR count). The highest BCUT2D eigenvalue weighted by atomic mass is 16.5. The number of rotatable bonds is 1. The molecule has 2 heterocycles. The third-order valence-corrected chi connectivity index (χ3v) is 6.15. The minimum Gasteiger partial charge on any atom is -0.496 e. The largest absolute Gasteiger partial charge is 0.496 e. The second-order valence-corrected chi connectivity index (χ2v) is 8.31. The van der Waals surface area contributed by atoms with Gasteiger partial charge in [-0.2, -0.15) is 0 Å². The molecule has 5 nitrogen and oxygen atoms in total. The summed E-state index contributed by atoms with van der Waals surface area (Å²) < 4.78 is 13.7. The van der Waals surface area contributed by atoms with Crippen molar-refractivity contribution in [2.45, 2.75) is 32.0 Å². The van der Waals surface area contributed by atoms with E-state index in [0.717, 1.165) is 27.4 Å². The van der Waals surface area contributed by atoms with Crippen molar-refractivity contribution in [1.29, 1.82) is 0 Å². The number of hydrogen-bond donors (Lipinski definition) is 1. The SMILES string of the molecule is COc1cc2c(c3c1c(=O)c1cc4ccccc4cc1n3C)CC(O)C(C)(C)O2. The lowest BCUT2D eigenvalue weighted by Crippen LogP contribution is -2.46. The van der Waals surface area contributed by atoms with Crippen molar-refractivity contribution in [3.05, 3.63) is 58.3 Å². The normalized spacial score (nSPS) is 18.0. The first-order valence-corrected chi connectivity index (χ1v) is 9.74. The predicted molar refractivity (Wildman–Crippen MR) is 115 cm³/mol. The Kier molecular flexibility index (Phi) is 3.71. The van der Waals surface area contributed by atoms with Crippen LogP contribution in [0, 0.1) is 0 Å². The molecule has 3 aromatic carbocycles. The maximum atomic E-state index is 13.6. The van der Waals surface area contributed by atoms with E-state index in [0.29, 0.717) is 28.7 Å². The van der Waals surface area contributed by atoms with Crippen LogP contribution in [-0.2, 0) is 13.5 Å². The second-order valence-electron chi connectivity index (χ2n) is 8.31. The van der Waals surface area contributed by atoms with E-state index in [1.165, 1.54) is 0 Å². The van der Waals surface area contributed by atoms with Gasteiger partial charge in [-0.25, -0.2) is 0 Å². The van der Waals surface area contributed by atoms with Gasteiger partial charge in [0, 0.05) is 30.5 Å². The Labute approximate surface area is 168 Å². The van der Waals surface area contributed by atoms with Gasteiger partial charge < -0.3 is 19.1 Å². The Morgan fingerprint density at radius 1 is 1.17 bits per heavy atom. The van der Waals surface area contributed by atoms with Gasteiger partial charge in [0.1, 0.15) is 17.1 Å².